The molecule has 0 spiro atoms. The Balaban J connectivity index is 1.95. The Morgan fingerprint density at radius 3 is 1.96 bits per heavy atom. The van der Waals surface area contributed by atoms with Gasteiger partial charge in [0.25, 0.3) is 0 Å². The fourth-order valence-corrected chi connectivity index (χ4v) is 1.76. The molecule has 2 rings (SSSR count). The highest BCUT2D eigenvalue weighted by Gasteiger charge is 2.29. The number of carboxylic acid groups (broad SMARTS) is 1. The third-order valence-electron chi connectivity index (χ3n) is 3.03. The first-order valence-corrected chi connectivity index (χ1v) is 7.02. The van der Waals surface area contributed by atoms with Crippen molar-refractivity contribution in [2.24, 2.45) is 0 Å². The van der Waals surface area contributed by atoms with Gasteiger partial charge in [-0.05, 0) is 50.2 Å². The number of benzene rings is 2. The van der Waals surface area contributed by atoms with Crippen LogP contribution in [0.3, 0.4) is 0 Å². The van der Waals surface area contributed by atoms with E-state index in [0.717, 1.165) is 0 Å². The minimum absolute atomic E-state index is 0.365. The molecule has 2 aromatic carbocycles. The Morgan fingerprint density at radius 2 is 1.43 bits per heavy atom. The van der Waals surface area contributed by atoms with Gasteiger partial charge in [0, 0.05) is 11.4 Å². The highest BCUT2D eigenvalue weighted by molar-refractivity contribution is 5.99. The monoisotopic (exact) mass is 314 g/mol. The number of carbonyl (C=O) groups is 2. The molecule has 0 atom stereocenters. The van der Waals surface area contributed by atoms with Crippen LogP contribution in [0.1, 0.15) is 13.8 Å². The molecule has 0 aliphatic carbocycles. The van der Waals surface area contributed by atoms with E-state index in [2.05, 4.69) is 10.6 Å². The fraction of sp³-hybridized carbons (Fsp3) is 0.176. The molecule has 6 nitrogen and oxygen atoms in total. The number of para-hydroxylation sites is 1. The zero-order chi connectivity index (χ0) is 16.9. The molecule has 0 aliphatic heterocycles. The molecule has 2 aromatic rings. The Bertz CT molecular complexity index is 681. The van der Waals surface area contributed by atoms with E-state index in [1.165, 1.54) is 13.8 Å². The molecule has 2 amide bonds. The number of aliphatic carboxylic acids is 1. The lowest BCUT2D eigenvalue weighted by Gasteiger charge is -2.21. The highest BCUT2D eigenvalue weighted by atomic mass is 16.5. The normalized spacial score (nSPS) is 10.7. The summed E-state index contributed by atoms with van der Waals surface area (Å²) >= 11 is 0. The Morgan fingerprint density at radius 1 is 0.913 bits per heavy atom. The smallest absolute Gasteiger partial charge is 0.347 e. The van der Waals surface area contributed by atoms with Gasteiger partial charge in [-0.25, -0.2) is 9.59 Å². The molecule has 0 aromatic heterocycles. The van der Waals surface area contributed by atoms with Crippen LogP contribution in [0, 0.1) is 0 Å². The summed E-state index contributed by atoms with van der Waals surface area (Å²) in [7, 11) is 0. The number of urea groups is 1. The molecule has 0 aliphatic rings. The van der Waals surface area contributed by atoms with Gasteiger partial charge in [0.2, 0.25) is 0 Å². The molecule has 23 heavy (non-hydrogen) atoms. The zero-order valence-electron chi connectivity index (χ0n) is 12.9. The van der Waals surface area contributed by atoms with Crippen molar-refractivity contribution in [2.75, 3.05) is 10.6 Å². The van der Waals surface area contributed by atoms with Crippen LogP contribution in [0.15, 0.2) is 54.6 Å². The maximum atomic E-state index is 11.9. The molecule has 120 valence electrons. The summed E-state index contributed by atoms with van der Waals surface area (Å²) in [6.45, 7) is 2.93. The zero-order valence-corrected chi connectivity index (χ0v) is 12.9. The van der Waals surface area contributed by atoms with Gasteiger partial charge >= 0.3 is 12.0 Å². The van der Waals surface area contributed by atoms with Gasteiger partial charge in [-0.15, -0.1) is 0 Å². The second kappa shape index (κ2) is 6.83. The topological polar surface area (TPSA) is 87.7 Å². The molecule has 6 heteroatoms. The van der Waals surface area contributed by atoms with Crippen LogP contribution in [0.2, 0.25) is 0 Å². The summed E-state index contributed by atoms with van der Waals surface area (Å²) < 4.78 is 5.39. The van der Waals surface area contributed by atoms with Gasteiger partial charge in [-0.3, -0.25) is 0 Å². The van der Waals surface area contributed by atoms with Crippen LogP contribution < -0.4 is 15.4 Å². The highest BCUT2D eigenvalue weighted by Crippen LogP contribution is 2.21. The first kappa shape index (κ1) is 16.4. The summed E-state index contributed by atoms with van der Waals surface area (Å²) in [6, 6.07) is 15.2. The minimum Gasteiger partial charge on any atom is -0.478 e. The van der Waals surface area contributed by atoms with E-state index in [1.54, 1.807) is 36.4 Å². The predicted molar refractivity (Wildman–Crippen MR) is 87.9 cm³/mol. The summed E-state index contributed by atoms with van der Waals surface area (Å²) in [4.78, 5) is 22.9. The number of ether oxygens (including phenoxy) is 1. The largest absolute Gasteiger partial charge is 0.478 e. The van der Waals surface area contributed by atoms with Gasteiger partial charge in [-0.2, -0.15) is 0 Å². The number of nitrogens with one attached hydrogen (secondary N) is 2. The van der Waals surface area contributed by atoms with Gasteiger partial charge < -0.3 is 20.5 Å². The molecule has 0 saturated heterocycles. The fourth-order valence-electron chi connectivity index (χ4n) is 1.76. The van der Waals surface area contributed by atoms with Crippen molar-refractivity contribution in [1.82, 2.24) is 0 Å². The standard InChI is InChI=1S/C17H18N2O4/c1-17(2,15(20)21)23-14-10-8-13(9-11-14)19-16(22)18-12-6-4-3-5-7-12/h3-11H,1-2H3,(H,20,21)(H2,18,19,22). The molecular formula is C17H18N2O4. The SMILES string of the molecule is CC(C)(Oc1ccc(NC(=O)Nc2ccccc2)cc1)C(=O)O. The Labute approximate surface area is 134 Å². The van der Waals surface area contributed by atoms with Crippen molar-refractivity contribution in [3.63, 3.8) is 0 Å². The quantitative estimate of drug-likeness (QED) is 0.787. The number of amides is 2. The number of hydrogen-bond acceptors (Lipinski definition) is 3. The van der Waals surface area contributed by atoms with Gasteiger partial charge in [-0.1, -0.05) is 18.2 Å². The molecule has 0 heterocycles. The lowest BCUT2D eigenvalue weighted by atomic mass is 10.1. The van der Waals surface area contributed by atoms with E-state index < -0.39 is 11.6 Å². The maximum Gasteiger partial charge on any atom is 0.347 e. The van der Waals surface area contributed by atoms with Crippen LogP contribution in [0.4, 0.5) is 16.2 Å². The summed E-state index contributed by atoms with van der Waals surface area (Å²) in [5.41, 5.74) is -0.0633. The molecule has 0 bridgehead atoms. The summed E-state index contributed by atoms with van der Waals surface area (Å²) in [6.07, 6.45) is 0. The van der Waals surface area contributed by atoms with E-state index in [4.69, 9.17) is 9.84 Å². The lowest BCUT2D eigenvalue weighted by molar-refractivity contribution is -0.152. The van der Waals surface area contributed by atoms with Crippen molar-refractivity contribution in [1.29, 1.82) is 0 Å². The molecule has 3 N–H and O–H groups in total. The summed E-state index contributed by atoms with van der Waals surface area (Å²) in [5.74, 6) is -0.645. The second-order valence-corrected chi connectivity index (χ2v) is 5.39. The molecule has 0 radical (unpaired) electrons. The number of rotatable bonds is 5. The Hall–Kier alpha value is -3.02. The van der Waals surface area contributed by atoms with E-state index in [-0.39, 0.29) is 6.03 Å². The molecular weight excluding hydrogens is 296 g/mol. The van der Waals surface area contributed by atoms with Gasteiger partial charge in [0.05, 0.1) is 0 Å². The molecule has 0 fully saturated rings. The third-order valence-corrected chi connectivity index (χ3v) is 3.03. The molecule has 0 unspecified atom stereocenters. The van der Waals surface area contributed by atoms with Crippen molar-refractivity contribution in [2.45, 2.75) is 19.4 Å². The van der Waals surface area contributed by atoms with Crippen LogP contribution in [0.5, 0.6) is 5.75 Å². The number of carbonyl (C=O) groups excluding carboxylic acids is 1. The minimum atomic E-state index is -1.32. The van der Waals surface area contributed by atoms with Gasteiger partial charge in [0.15, 0.2) is 5.60 Å². The van der Waals surface area contributed by atoms with Crippen LogP contribution in [0.25, 0.3) is 0 Å². The second-order valence-electron chi connectivity index (χ2n) is 5.39. The van der Waals surface area contributed by atoms with E-state index >= 15 is 0 Å². The van der Waals surface area contributed by atoms with Gasteiger partial charge in [0.1, 0.15) is 5.75 Å². The number of hydrogen-bond donors (Lipinski definition) is 3. The number of anilines is 2. The van der Waals surface area contributed by atoms with Crippen molar-refractivity contribution in [3.8, 4) is 5.75 Å². The van der Waals surface area contributed by atoms with E-state index in [1.807, 2.05) is 18.2 Å². The first-order chi connectivity index (χ1) is 10.9. The maximum absolute atomic E-state index is 11.9. The van der Waals surface area contributed by atoms with Crippen molar-refractivity contribution in [3.05, 3.63) is 54.6 Å². The van der Waals surface area contributed by atoms with Crippen molar-refractivity contribution < 1.29 is 19.4 Å². The third kappa shape index (κ3) is 4.74. The predicted octanol–water partition coefficient (Wildman–Crippen LogP) is 3.57. The number of carboxylic acids is 1. The van der Waals surface area contributed by atoms with Crippen LogP contribution in [-0.4, -0.2) is 22.7 Å². The van der Waals surface area contributed by atoms with Crippen molar-refractivity contribution >= 4 is 23.4 Å². The molecule has 0 saturated carbocycles. The average molecular weight is 314 g/mol. The van der Waals surface area contributed by atoms with Crippen LogP contribution >= 0.6 is 0 Å². The first-order valence-electron chi connectivity index (χ1n) is 7.02. The van der Waals surface area contributed by atoms with Crippen LogP contribution in [-0.2, 0) is 4.79 Å². The van der Waals surface area contributed by atoms with E-state index in [9.17, 15) is 9.59 Å². The lowest BCUT2D eigenvalue weighted by Crippen LogP contribution is -2.37. The Kier molecular flexibility index (Phi) is 4.85. The average Bonchev–Trinajstić information content (AvgIpc) is 2.50. The summed E-state index contributed by atoms with van der Waals surface area (Å²) in [5, 5.41) is 14.4. The van der Waals surface area contributed by atoms with E-state index in [0.29, 0.717) is 17.1 Å².